The highest BCUT2D eigenvalue weighted by Crippen LogP contribution is 2.28. The molecule has 150 valence electrons. The number of ether oxygens (including phenoxy) is 1. The Morgan fingerprint density at radius 1 is 1.28 bits per heavy atom. The number of benzene rings is 1. The average molecular weight is 392 g/mol. The van der Waals surface area contributed by atoms with Crippen LogP contribution in [0.2, 0.25) is 0 Å². The van der Waals surface area contributed by atoms with Gasteiger partial charge in [-0.3, -0.25) is 19.9 Å². The Balaban J connectivity index is 1.56. The molecule has 0 bridgehead atoms. The minimum atomic E-state index is -0.184. The van der Waals surface area contributed by atoms with E-state index in [1.54, 1.807) is 19.5 Å². The SMILES string of the molecule is COc1cccc(-c2cc(-c3cccnc3)nn2CCNC(=O)C2CCNN2)c1. The van der Waals surface area contributed by atoms with E-state index in [1.165, 1.54) is 0 Å². The van der Waals surface area contributed by atoms with Crippen molar-refractivity contribution in [3.05, 3.63) is 54.9 Å². The van der Waals surface area contributed by atoms with E-state index < -0.39 is 0 Å². The molecular weight excluding hydrogens is 368 g/mol. The van der Waals surface area contributed by atoms with E-state index in [0.717, 1.165) is 41.2 Å². The minimum Gasteiger partial charge on any atom is -0.497 e. The third-order valence-corrected chi connectivity index (χ3v) is 4.88. The van der Waals surface area contributed by atoms with Crippen molar-refractivity contribution in [1.82, 2.24) is 30.9 Å². The molecule has 1 aromatic carbocycles. The van der Waals surface area contributed by atoms with Crippen molar-refractivity contribution in [2.45, 2.75) is 19.0 Å². The lowest BCUT2D eigenvalue weighted by Gasteiger charge is -2.12. The molecule has 1 atom stereocenters. The minimum absolute atomic E-state index is 0.00225. The number of carbonyl (C=O) groups is 1. The largest absolute Gasteiger partial charge is 0.497 e. The van der Waals surface area contributed by atoms with Crippen LogP contribution in [0.5, 0.6) is 5.75 Å². The van der Waals surface area contributed by atoms with Gasteiger partial charge in [-0.25, -0.2) is 5.43 Å². The molecule has 0 aliphatic carbocycles. The van der Waals surface area contributed by atoms with E-state index in [9.17, 15) is 4.79 Å². The lowest BCUT2D eigenvalue weighted by molar-refractivity contribution is -0.122. The summed E-state index contributed by atoms with van der Waals surface area (Å²) in [5, 5.41) is 7.75. The zero-order valence-corrected chi connectivity index (χ0v) is 16.3. The van der Waals surface area contributed by atoms with Gasteiger partial charge in [-0.05, 0) is 36.8 Å². The van der Waals surface area contributed by atoms with Crippen molar-refractivity contribution in [2.75, 3.05) is 20.2 Å². The van der Waals surface area contributed by atoms with Crippen LogP contribution in [-0.2, 0) is 11.3 Å². The lowest BCUT2D eigenvalue weighted by Crippen LogP contribution is -2.44. The van der Waals surface area contributed by atoms with Crippen LogP contribution in [-0.4, -0.2) is 46.9 Å². The number of aromatic nitrogens is 3. The van der Waals surface area contributed by atoms with Gasteiger partial charge in [0.15, 0.2) is 0 Å². The molecule has 8 nitrogen and oxygen atoms in total. The second kappa shape index (κ2) is 8.85. The maximum absolute atomic E-state index is 12.2. The molecule has 1 unspecified atom stereocenters. The van der Waals surface area contributed by atoms with Crippen LogP contribution in [0.15, 0.2) is 54.9 Å². The van der Waals surface area contributed by atoms with E-state index in [-0.39, 0.29) is 11.9 Å². The van der Waals surface area contributed by atoms with Gasteiger partial charge < -0.3 is 10.1 Å². The molecule has 2 aromatic heterocycles. The Hall–Kier alpha value is -3.23. The van der Waals surface area contributed by atoms with Crippen LogP contribution in [0.3, 0.4) is 0 Å². The number of rotatable bonds is 7. The van der Waals surface area contributed by atoms with Crippen molar-refractivity contribution < 1.29 is 9.53 Å². The molecule has 29 heavy (non-hydrogen) atoms. The smallest absolute Gasteiger partial charge is 0.238 e. The summed E-state index contributed by atoms with van der Waals surface area (Å²) >= 11 is 0. The standard InChI is InChI=1S/C21H24N6O2/c1-29-17-6-2-4-15(12-17)20-13-19(16-5-3-8-22-14-16)26-27(20)11-10-23-21(28)18-7-9-24-25-18/h2-6,8,12-14,18,24-25H,7,9-11H2,1H3,(H,23,28). The molecule has 8 heteroatoms. The number of pyridine rings is 1. The molecule has 3 aromatic rings. The highest BCUT2D eigenvalue weighted by Gasteiger charge is 2.21. The number of nitrogens with one attached hydrogen (secondary N) is 3. The molecule has 0 saturated carbocycles. The predicted octanol–water partition coefficient (Wildman–Crippen LogP) is 1.60. The third kappa shape index (κ3) is 4.44. The summed E-state index contributed by atoms with van der Waals surface area (Å²) < 4.78 is 7.28. The third-order valence-electron chi connectivity index (χ3n) is 4.88. The normalized spacial score (nSPS) is 16.0. The Morgan fingerprint density at radius 2 is 2.17 bits per heavy atom. The van der Waals surface area contributed by atoms with E-state index in [1.807, 2.05) is 47.1 Å². The summed E-state index contributed by atoms with van der Waals surface area (Å²) in [7, 11) is 1.65. The Bertz CT molecular complexity index is 966. The van der Waals surface area contributed by atoms with Gasteiger partial charge >= 0.3 is 0 Å². The van der Waals surface area contributed by atoms with Gasteiger partial charge in [-0.2, -0.15) is 5.10 Å². The predicted molar refractivity (Wildman–Crippen MR) is 110 cm³/mol. The van der Waals surface area contributed by atoms with Crippen molar-refractivity contribution in [3.63, 3.8) is 0 Å². The molecule has 1 aliphatic heterocycles. The first-order valence-corrected chi connectivity index (χ1v) is 9.63. The number of carbonyl (C=O) groups excluding carboxylic acids is 1. The van der Waals surface area contributed by atoms with Gasteiger partial charge in [-0.1, -0.05) is 12.1 Å². The maximum atomic E-state index is 12.2. The lowest BCUT2D eigenvalue weighted by atomic mass is 10.1. The second-order valence-electron chi connectivity index (χ2n) is 6.82. The highest BCUT2D eigenvalue weighted by molar-refractivity contribution is 5.81. The zero-order chi connectivity index (χ0) is 20.1. The summed E-state index contributed by atoms with van der Waals surface area (Å²) in [6, 6.07) is 13.6. The van der Waals surface area contributed by atoms with Gasteiger partial charge in [0.25, 0.3) is 0 Å². The van der Waals surface area contributed by atoms with Crippen LogP contribution in [0.25, 0.3) is 22.5 Å². The van der Waals surface area contributed by atoms with Crippen LogP contribution in [0.1, 0.15) is 6.42 Å². The van der Waals surface area contributed by atoms with Crippen molar-refractivity contribution in [1.29, 1.82) is 0 Å². The quantitative estimate of drug-likeness (QED) is 0.566. The summed E-state index contributed by atoms with van der Waals surface area (Å²) in [5.41, 5.74) is 9.69. The molecular formula is C21H24N6O2. The molecule has 3 N–H and O–H groups in total. The maximum Gasteiger partial charge on any atom is 0.238 e. The van der Waals surface area contributed by atoms with Gasteiger partial charge in [0, 0.05) is 36.6 Å². The zero-order valence-electron chi connectivity index (χ0n) is 16.3. The van der Waals surface area contributed by atoms with Gasteiger partial charge in [0.2, 0.25) is 5.91 Å². The molecule has 1 fully saturated rings. The molecule has 1 amide bonds. The fourth-order valence-electron chi connectivity index (χ4n) is 3.35. The first kappa shape index (κ1) is 19.1. The number of hydrogen-bond acceptors (Lipinski definition) is 6. The summed E-state index contributed by atoms with van der Waals surface area (Å²) in [4.78, 5) is 16.4. The topological polar surface area (TPSA) is 93.1 Å². The van der Waals surface area contributed by atoms with Crippen LogP contribution < -0.4 is 20.9 Å². The van der Waals surface area contributed by atoms with Crippen molar-refractivity contribution in [2.24, 2.45) is 0 Å². The van der Waals surface area contributed by atoms with Gasteiger partial charge in [-0.15, -0.1) is 0 Å². The fourth-order valence-corrected chi connectivity index (χ4v) is 3.35. The summed E-state index contributed by atoms with van der Waals surface area (Å²) in [6.07, 6.45) is 4.32. The highest BCUT2D eigenvalue weighted by atomic mass is 16.5. The number of methoxy groups -OCH3 is 1. The molecule has 4 rings (SSSR count). The Morgan fingerprint density at radius 3 is 2.93 bits per heavy atom. The molecule has 0 radical (unpaired) electrons. The van der Waals surface area contributed by atoms with Crippen LogP contribution in [0.4, 0.5) is 0 Å². The second-order valence-corrected chi connectivity index (χ2v) is 6.82. The van der Waals surface area contributed by atoms with E-state index in [0.29, 0.717) is 13.1 Å². The molecule has 1 saturated heterocycles. The number of nitrogens with zero attached hydrogens (tertiary/aromatic N) is 3. The fraction of sp³-hybridized carbons (Fsp3) is 0.286. The Labute approximate surface area is 169 Å². The van der Waals surface area contributed by atoms with Crippen LogP contribution >= 0.6 is 0 Å². The summed E-state index contributed by atoms with van der Waals surface area (Å²) in [6.45, 7) is 1.84. The van der Waals surface area contributed by atoms with Gasteiger partial charge in [0.1, 0.15) is 11.8 Å². The molecule has 3 heterocycles. The monoisotopic (exact) mass is 392 g/mol. The Kier molecular flexibility index (Phi) is 5.83. The number of hydrazine groups is 1. The van der Waals surface area contributed by atoms with E-state index in [2.05, 4.69) is 21.2 Å². The van der Waals surface area contributed by atoms with Crippen molar-refractivity contribution >= 4 is 5.91 Å². The molecule has 1 aliphatic rings. The van der Waals surface area contributed by atoms with Crippen molar-refractivity contribution in [3.8, 4) is 28.3 Å². The van der Waals surface area contributed by atoms with Crippen LogP contribution in [0, 0.1) is 0 Å². The van der Waals surface area contributed by atoms with E-state index in [4.69, 9.17) is 9.84 Å². The molecule has 0 spiro atoms. The first-order valence-electron chi connectivity index (χ1n) is 9.63. The first-order chi connectivity index (χ1) is 14.2. The number of amides is 1. The summed E-state index contributed by atoms with van der Waals surface area (Å²) in [5.74, 6) is 0.781. The average Bonchev–Trinajstić information content (AvgIpc) is 3.45. The van der Waals surface area contributed by atoms with Gasteiger partial charge in [0.05, 0.1) is 25.0 Å². The van der Waals surface area contributed by atoms with E-state index >= 15 is 0 Å². The number of hydrogen-bond donors (Lipinski definition) is 3.